The molecule has 0 saturated carbocycles. The van der Waals surface area contributed by atoms with Crippen LogP contribution >= 0.6 is 0 Å². The Labute approximate surface area is 175 Å². The second-order valence-electron chi connectivity index (χ2n) is 6.86. The van der Waals surface area contributed by atoms with Gasteiger partial charge in [0.25, 0.3) is 5.91 Å². The zero-order valence-corrected chi connectivity index (χ0v) is 17.9. The van der Waals surface area contributed by atoms with Crippen molar-refractivity contribution in [1.29, 1.82) is 0 Å². The van der Waals surface area contributed by atoms with Gasteiger partial charge in [-0.1, -0.05) is 13.8 Å². The van der Waals surface area contributed by atoms with Gasteiger partial charge in [-0.05, 0) is 51.0 Å². The predicted molar refractivity (Wildman–Crippen MR) is 110 cm³/mol. The van der Waals surface area contributed by atoms with Gasteiger partial charge in [-0.25, -0.2) is 9.59 Å². The largest absolute Gasteiger partial charge is 0.493 e. The van der Waals surface area contributed by atoms with E-state index >= 15 is 0 Å². The van der Waals surface area contributed by atoms with E-state index in [1.54, 1.807) is 38.1 Å². The number of hydrogen-bond acceptors (Lipinski definition) is 7. The van der Waals surface area contributed by atoms with E-state index in [9.17, 15) is 14.4 Å². The lowest BCUT2D eigenvalue weighted by Crippen LogP contribution is -2.17. The number of hydrogen-bond donors (Lipinski definition) is 1. The summed E-state index contributed by atoms with van der Waals surface area (Å²) in [5.41, 5.74) is 0.0921. The first kappa shape index (κ1) is 23.0. The summed E-state index contributed by atoms with van der Waals surface area (Å²) in [5, 5.41) is 2.54. The molecule has 0 radical (unpaired) electrons. The second-order valence-corrected chi connectivity index (χ2v) is 6.86. The smallest absolute Gasteiger partial charge is 0.344 e. The molecule has 0 unspecified atom stereocenters. The van der Waals surface area contributed by atoms with Gasteiger partial charge in [0.05, 0.1) is 19.8 Å². The number of amides is 1. The molecule has 2 rings (SSSR count). The average molecular weight is 417 g/mol. The van der Waals surface area contributed by atoms with Gasteiger partial charge >= 0.3 is 11.9 Å². The number of furan rings is 1. The molecule has 1 heterocycles. The maximum atomic E-state index is 12.7. The zero-order chi connectivity index (χ0) is 22.3. The fraction of sp³-hybridized carbons (Fsp3) is 0.409. The maximum absolute atomic E-state index is 12.7. The lowest BCUT2D eigenvalue weighted by Gasteiger charge is -2.09. The third-order valence-electron chi connectivity index (χ3n) is 3.97. The van der Waals surface area contributed by atoms with Crippen LogP contribution in [0.2, 0.25) is 0 Å². The van der Waals surface area contributed by atoms with Gasteiger partial charge in [-0.2, -0.15) is 0 Å². The quantitative estimate of drug-likeness (QED) is 0.609. The maximum Gasteiger partial charge on any atom is 0.344 e. The summed E-state index contributed by atoms with van der Waals surface area (Å²) < 4.78 is 21.1. The zero-order valence-electron chi connectivity index (χ0n) is 17.9. The molecule has 0 bridgehead atoms. The molecule has 0 aliphatic heterocycles. The van der Waals surface area contributed by atoms with Gasteiger partial charge in [0, 0.05) is 5.56 Å². The van der Waals surface area contributed by atoms with Gasteiger partial charge in [0.2, 0.25) is 5.88 Å². The van der Waals surface area contributed by atoms with E-state index < -0.39 is 17.8 Å². The van der Waals surface area contributed by atoms with Crippen LogP contribution in [-0.4, -0.2) is 37.7 Å². The molecule has 2 aromatic rings. The Morgan fingerprint density at radius 1 is 0.967 bits per heavy atom. The average Bonchev–Trinajstić information content (AvgIpc) is 3.02. The van der Waals surface area contributed by atoms with Crippen molar-refractivity contribution < 1.29 is 33.0 Å². The summed E-state index contributed by atoms with van der Waals surface area (Å²) in [5.74, 6) is -1.03. The number of carbonyl (C=O) groups excluding carboxylic acids is 3. The molecule has 8 heteroatoms. The predicted octanol–water partition coefficient (Wildman–Crippen LogP) is 4.23. The molecule has 0 saturated heterocycles. The topological polar surface area (TPSA) is 104 Å². The van der Waals surface area contributed by atoms with Crippen LogP contribution in [0.25, 0.3) is 0 Å². The van der Waals surface area contributed by atoms with Crippen molar-refractivity contribution in [1.82, 2.24) is 0 Å². The number of carbonyl (C=O) groups is 3. The minimum atomic E-state index is -0.787. The third kappa shape index (κ3) is 5.62. The highest BCUT2D eigenvalue weighted by Gasteiger charge is 2.31. The highest BCUT2D eigenvalue weighted by molar-refractivity contribution is 6.11. The highest BCUT2D eigenvalue weighted by atomic mass is 16.5. The third-order valence-corrected chi connectivity index (χ3v) is 3.97. The summed E-state index contributed by atoms with van der Waals surface area (Å²) >= 11 is 0. The summed E-state index contributed by atoms with van der Waals surface area (Å²) in [6.45, 7) is 9.65. The van der Waals surface area contributed by atoms with Crippen molar-refractivity contribution >= 4 is 23.7 Å². The van der Waals surface area contributed by atoms with Crippen LogP contribution in [0, 0.1) is 12.8 Å². The van der Waals surface area contributed by atoms with Crippen molar-refractivity contribution in [2.75, 3.05) is 25.1 Å². The molecule has 0 aliphatic carbocycles. The van der Waals surface area contributed by atoms with E-state index in [0.717, 1.165) is 0 Å². The van der Waals surface area contributed by atoms with E-state index in [2.05, 4.69) is 5.32 Å². The lowest BCUT2D eigenvalue weighted by atomic mass is 10.1. The van der Waals surface area contributed by atoms with Crippen molar-refractivity contribution in [3.8, 4) is 5.75 Å². The Hall–Kier alpha value is -3.29. The van der Waals surface area contributed by atoms with Gasteiger partial charge < -0.3 is 18.6 Å². The Morgan fingerprint density at radius 2 is 1.53 bits per heavy atom. The van der Waals surface area contributed by atoms with Crippen LogP contribution in [0.3, 0.4) is 0 Å². The monoisotopic (exact) mass is 417 g/mol. The number of ether oxygens (including phenoxy) is 3. The first-order valence-electron chi connectivity index (χ1n) is 9.80. The van der Waals surface area contributed by atoms with E-state index in [1.807, 2.05) is 13.8 Å². The van der Waals surface area contributed by atoms with E-state index in [0.29, 0.717) is 23.8 Å². The molecular weight excluding hydrogens is 390 g/mol. The summed E-state index contributed by atoms with van der Waals surface area (Å²) in [6, 6.07) is 6.55. The van der Waals surface area contributed by atoms with E-state index in [-0.39, 0.29) is 36.0 Å². The Kier molecular flexibility index (Phi) is 8.03. The fourth-order valence-corrected chi connectivity index (χ4v) is 2.62. The molecule has 30 heavy (non-hydrogen) atoms. The van der Waals surface area contributed by atoms with Gasteiger partial charge in [0.1, 0.15) is 22.6 Å². The minimum Gasteiger partial charge on any atom is -0.493 e. The Balaban J connectivity index is 2.28. The fourth-order valence-electron chi connectivity index (χ4n) is 2.62. The standard InChI is InChI=1S/C22H27NO7/c1-6-27-21(25)17-14(5)30-20(18(17)22(26)28-7-2)23-19(24)15-8-10-16(11-9-15)29-12-13(3)4/h8-11,13H,6-7,12H2,1-5H3,(H,23,24). The first-order chi connectivity index (χ1) is 14.3. The summed E-state index contributed by atoms with van der Waals surface area (Å²) in [6.07, 6.45) is 0. The van der Waals surface area contributed by atoms with Crippen LogP contribution in [0.4, 0.5) is 5.88 Å². The van der Waals surface area contributed by atoms with E-state index in [4.69, 9.17) is 18.6 Å². The summed E-state index contributed by atoms with van der Waals surface area (Å²) in [4.78, 5) is 37.4. The molecule has 8 nitrogen and oxygen atoms in total. The molecule has 1 aromatic heterocycles. The number of benzene rings is 1. The second kappa shape index (κ2) is 10.5. The highest BCUT2D eigenvalue weighted by Crippen LogP contribution is 2.29. The van der Waals surface area contributed by atoms with Crippen molar-refractivity contribution in [3.05, 3.63) is 46.7 Å². The van der Waals surface area contributed by atoms with Crippen LogP contribution in [0.1, 0.15) is 64.5 Å². The summed E-state index contributed by atoms with van der Waals surface area (Å²) in [7, 11) is 0. The number of nitrogens with one attached hydrogen (secondary N) is 1. The number of rotatable bonds is 9. The molecule has 1 amide bonds. The molecule has 0 spiro atoms. The molecule has 1 N–H and O–H groups in total. The van der Waals surface area contributed by atoms with Gasteiger partial charge in [0.15, 0.2) is 0 Å². The van der Waals surface area contributed by atoms with Crippen LogP contribution in [0.15, 0.2) is 28.7 Å². The molecule has 0 fully saturated rings. The molecule has 0 aliphatic rings. The van der Waals surface area contributed by atoms with Gasteiger partial charge in [-0.3, -0.25) is 10.1 Å². The molecule has 1 aromatic carbocycles. The Morgan fingerprint density at radius 3 is 2.07 bits per heavy atom. The minimum absolute atomic E-state index is 0.0666. The van der Waals surface area contributed by atoms with Crippen LogP contribution in [0.5, 0.6) is 5.75 Å². The van der Waals surface area contributed by atoms with Crippen molar-refractivity contribution in [3.63, 3.8) is 0 Å². The van der Waals surface area contributed by atoms with E-state index in [1.165, 1.54) is 6.92 Å². The number of esters is 2. The Bertz CT molecular complexity index is 897. The number of aryl methyl sites for hydroxylation is 1. The SMILES string of the molecule is CCOC(=O)c1c(C)oc(NC(=O)c2ccc(OCC(C)C)cc2)c1C(=O)OCC. The van der Waals surface area contributed by atoms with Crippen molar-refractivity contribution in [2.24, 2.45) is 5.92 Å². The van der Waals surface area contributed by atoms with Crippen molar-refractivity contribution in [2.45, 2.75) is 34.6 Å². The lowest BCUT2D eigenvalue weighted by molar-refractivity contribution is 0.0480. The molecule has 0 atom stereocenters. The molecular formula is C22H27NO7. The van der Waals surface area contributed by atoms with Crippen LogP contribution < -0.4 is 10.1 Å². The van der Waals surface area contributed by atoms with Crippen LogP contribution in [-0.2, 0) is 9.47 Å². The normalized spacial score (nSPS) is 10.6. The molecule has 162 valence electrons. The first-order valence-corrected chi connectivity index (χ1v) is 9.80. The van der Waals surface area contributed by atoms with Gasteiger partial charge in [-0.15, -0.1) is 0 Å². The number of anilines is 1.